The lowest BCUT2D eigenvalue weighted by molar-refractivity contribution is 3.12. The lowest BCUT2D eigenvalue weighted by atomic mass is 25.6. The molecule has 4 heterocycles. The van der Waals surface area contributed by atoms with Crippen molar-refractivity contribution in [1.82, 2.24) is 0 Å². The maximum absolute atomic E-state index is 6.84. The maximum atomic E-state index is 6.84. The SMILES string of the molecule is Cl[Si]12[Si][Si]3(Cl)[Si][Si](Cl)([Si]1)[Si][Si](Cl)([Si]2)[Si]3. The Labute approximate surface area is 118 Å². The van der Waals surface area contributed by atoms with Crippen LogP contribution < -0.4 is 0 Å². The van der Waals surface area contributed by atoms with Gasteiger partial charge in [-0.25, -0.2) is 0 Å². The molecule has 0 unspecified atom stereocenters. The Hall–Kier alpha value is 3.33. The minimum absolute atomic E-state index is 1.00. The van der Waals surface area contributed by atoms with Crippen LogP contribution >= 0.6 is 44.3 Å². The predicted octanol–water partition coefficient (Wildman–Crippen LogP) is -1.05. The molecule has 4 bridgehead atoms. The summed E-state index contributed by atoms with van der Waals surface area (Å²) >= 11 is 27.4. The Balaban J connectivity index is 2.08. The van der Waals surface area contributed by atoms with Gasteiger partial charge in [0.25, 0.3) is 0 Å². The molecule has 0 saturated carbocycles. The first-order valence-electron chi connectivity index (χ1n) is 3.76. The van der Waals surface area contributed by atoms with Crippen LogP contribution in [0.4, 0.5) is 0 Å². The van der Waals surface area contributed by atoms with E-state index >= 15 is 0 Å². The van der Waals surface area contributed by atoms with Gasteiger partial charge in [0.2, 0.25) is 0 Å². The van der Waals surface area contributed by atoms with Gasteiger partial charge in [0.1, 0.15) is 23.7 Å². The van der Waals surface area contributed by atoms with Gasteiger partial charge < -0.3 is 0 Å². The second-order valence-corrected chi connectivity index (χ2v) is 91.4. The summed E-state index contributed by atoms with van der Waals surface area (Å²) in [4.78, 5) is 0. The molecule has 0 aromatic rings. The van der Waals surface area contributed by atoms with Gasteiger partial charge in [-0.15, -0.1) is 0 Å². The van der Waals surface area contributed by atoms with Crippen LogP contribution in [0, 0.1) is 0 Å². The van der Waals surface area contributed by atoms with Gasteiger partial charge in [0.15, 0.2) is 0 Å². The molecular weight excluding hydrogens is 423 g/mol. The fraction of sp³-hybridized carbons (Fsp3) is 0. The molecule has 4 saturated heterocycles. The third-order valence-electron chi connectivity index (χ3n) is 2.07. The van der Waals surface area contributed by atoms with E-state index in [9.17, 15) is 0 Å². The average Bonchev–Trinajstić information content (AvgIpc) is 1.67. The zero-order chi connectivity index (χ0) is 10.2. The van der Waals surface area contributed by atoms with Crippen molar-refractivity contribution in [3.8, 4) is 0 Å². The van der Waals surface area contributed by atoms with Crippen molar-refractivity contribution in [2.24, 2.45) is 0 Å². The zero-order valence-corrected chi connectivity index (χ0v) is 19.5. The highest BCUT2D eigenvalue weighted by Gasteiger charge is 2.72. The van der Waals surface area contributed by atoms with Gasteiger partial charge in [-0.3, -0.25) is 0 Å². The Morgan fingerprint density at radius 2 is 0.571 bits per heavy atom. The Morgan fingerprint density at radius 1 is 0.429 bits per heavy atom. The standard InChI is InChI=1S/Cl4Si10/c1-11-5-12(2)8-13(3,6-11)10-14(4,7-11)9-12. The van der Waals surface area contributed by atoms with Gasteiger partial charge in [0, 0.05) is 51.3 Å². The van der Waals surface area contributed by atoms with Crippen molar-refractivity contribution in [2.75, 3.05) is 0 Å². The summed E-state index contributed by atoms with van der Waals surface area (Å²) < 4.78 is 0. The molecule has 0 aliphatic carbocycles. The second kappa shape index (κ2) is 3.45. The molecule has 0 N–H and O–H groups in total. The summed E-state index contributed by atoms with van der Waals surface area (Å²) in [5.41, 5.74) is 0. The van der Waals surface area contributed by atoms with Crippen molar-refractivity contribution >= 4 is 119 Å². The quantitative estimate of drug-likeness (QED) is 0.345. The van der Waals surface area contributed by atoms with E-state index < -0.39 is 23.7 Å². The fourth-order valence-corrected chi connectivity index (χ4v) is 437. The largest absolute Gasteiger partial charge is 0.180 e. The van der Waals surface area contributed by atoms with Crippen LogP contribution in [-0.4, -0.2) is 75.1 Å². The Kier molecular flexibility index (Phi) is 3.05. The molecule has 0 atom stereocenters. The van der Waals surface area contributed by atoms with Crippen LogP contribution in [0.2, 0.25) is 0 Å². The zero-order valence-electron chi connectivity index (χ0n) is 6.51. The molecule has 68 valence electrons. The van der Waals surface area contributed by atoms with E-state index in [4.69, 9.17) is 44.3 Å². The maximum Gasteiger partial charge on any atom is 0.110 e. The third-order valence-corrected chi connectivity index (χ3v) is 167. The fourth-order valence-electron chi connectivity index (χ4n) is 1.80. The highest BCUT2D eigenvalue weighted by molar-refractivity contribution is 8.42. The normalized spacial score (nSPS) is 66.0. The molecule has 4 fully saturated rings. The topological polar surface area (TPSA) is 0 Å². The molecule has 0 amide bonds. The summed E-state index contributed by atoms with van der Waals surface area (Å²) in [5.74, 6) is -5.81. The summed E-state index contributed by atoms with van der Waals surface area (Å²) in [6.45, 7) is 0. The lowest BCUT2D eigenvalue weighted by Gasteiger charge is -2.58. The van der Waals surface area contributed by atoms with E-state index in [1.54, 1.807) is 0 Å². The van der Waals surface area contributed by atoms with Crippen LogP contribution in [0.1, 0.15) is 0 Å². The van der Waals surface area contributed by atoms with Crippen molar-refractivity contribution in [2.45, 2.75) is 0 Å². The van der Waals surface area contributed by atoms with Gasteiger partial charge in [-0.1, -0.05) is 0 Å². The molecule has 0 aromatic carbocycles. The van der Waals surface area contributed by atoms with Crippen molar-refractivity contribution in [1.29, 1.82) is 0 Å². The first-order chi connectivity index (χ1) is 6.24. The number of rotatable bonds is 0. The van der Waals surface area contributed by atoms with Crippen LogP contribution in [0.25, 0.3) is 0 Å². The van der Waals surface area contributed by atoms with Gasteiger partial charge >= 0.3 is 0 Å². The van der Waals surface area contributed by atoms with Crippen LogP contribution in [0.5, 0.6) is 0 Å². The molecule has 12 radical (unpaired) electrons. The van der Waals surface area contributed by atoms with Crippen molar-refractivity contribution in [3.63, 3.8) is 0 Å². The van der Waals surface area contributed by atoms with E-state index in [-0.39, 0.29) is 0 Å². The van der Waals surface area contributed by atoms with E-state index in [0.717, 1.165) is 51.3 Å². The summed E-state index contributed by atoms with van der Waals surface area (Å²) in [6.07, 6.45) is 0. The monoisotopic (exact) mass is 420 g/mol. The van der Waals surface area contributed by atoms with Gasteiger partial charge in [-0.2, -0.15) is 44.3 Å². The summed E-state index contributed by atoms with van der Waals surface area (Å²) in [6, 6.07) is 0. The van der Waals surface area contributed by atoms with Crippen LogP contribution in [-0.2, 0) is 0 Å². The summed E-state index contributed by atoms with van der Waals surface area (Å²) in [5, 5.41) is 0. The molecule has 4 rings (SSSR count). The van der Waals surface area contributed by atoms with Gasteiger partial charge in [0.05, 0.1) is 0 Å². The Morgan fingerprint density at radius 3 is 0.714 bits per heavy atom. The van der Waals surface area contributed by atoms with E-state index in [1.165, 1.54) is 0 Å². The lowest BCUT2D eigenvalue weighted by Crippen LogP contribution is -2.97. The number of hydrogen-bond acceptors (Lipinski definition) is 0. The molecule has 4 aliphatic heterocycles. The van der Waals surface area contributed by atoms with E-state index in [1.807, 2.05) is 0 Å². The minimum atomic E-state index is -1.45. The number of hydrogen-bond donors (Lipinski definition) is 0. The van der Waals surface area contributed by atoms with Crippen LogP contribution in [0.15, 0.2) is 0 Å². The third kappa shape index (κ3) is 2.03. The van der Waals surface area contributed by atoms with Crippen LogP contribution in [0.3, 0.4) is 0 Å². The van der Waals surface area contributed by atoms with Gasteiger partial charge in [-0.05, 0) is 0 Å². The second-order valence-electron chi connectivity index (χ2n) is 3.38. The first kappa shape index (κ1) is 12.4. The Bertz CT molecular complexity index is 205. The van der Waals surface area contributed by atoms with E-state index in [0.29, 0.717) is 0 Å². The van der Waals surface area contributed by atoms with Crippen molar-refractivity contribution < 1.29 is 0 Å². The van der Waals surface area contributed by atoms with E-state index in [2.05, 4.69) is 0 Å². The van der Waals surface area contributed by atoms with Crippen molar-refractivity contribution in [3.05, 3.63) is 0 Å². The molecule has 0 aromatic heterocycles. The molecule has 0 spiro atoms. The number of halogens is 4. The highest BCUT2D eigenvalue weighted by atomic mass is 35.6. The average molecular weight is 423 g/mol. The molecule has 14 heavy (non-hydrogen) atoms. The molecular formula is Cl4Si10. The predicted molar refractivity (Wildman–Crippen MR) is 81.0 cm³/mol. The smallest absolute Gasteiger partial charge is 0.110 e. The summed E-state index contributed by atoms with van der Waals surface area (Å²) in [7, 11) is 6.00. The highest BCUT2D eigenvalue weighted by Crippen LogP contribution is 2.39. The minimum Gasteiger partial charge on any atom is -0.180 e. The first-order valence-corrected chi connectivity index (χ1v) is 33.8. The molecule has 0 nitrogen and oxygen atoms in total. The molecule has 4 aliphatic rings. The molecule has 14 heteroatoms.